The van der Waals surface area contributed by atoms with Crippen LogP contribution in [0.4, 0.5) is 0 Å². The van der Waals surface area contributed by atoms with Gasteiger partial charge in [-0.3, -0.25) is 0 Å². The van der Waals surface area contributed by atoms with Crippen LogP contribution < -0.4 is 0 Å². The van der Waals surface area contributed by atoms with Crippen molar-refractivity contribution in [2.45, 2.75) is 31.9 Å². The molecule has 0 radical (unpaired) electrons. The fraction of sp³-hybridized carbons (Fsp3) is 0.286. The van der Waals surface area contributed by atoms with Gasteiger partial charge in [0.1, 0.15) is 0 Å². The topological polar surface area (TPSA) is 51.5 Å². The van der Waals surface area contributed by atoms with Gasteiger partial charge in [-0.1, -0.05) is 36.4 Å². The van der Waals surface area contributed by atoms with Gasteiger partial charge in [0.05, 0.1) is 11.7 Å². The number of aromatic carboxylic acids is 1. The Morgan fingerprint density at radius 3 is 2.76 bits per heavy atom. The maximum absolute atomic E-state index is 11.6. The van der Waals surface area contributed by atoms with Gasteiger partial charge in [0, 0.05) is 36.7 Å². The molecule has 0 bridgehead atoms. The molecule has 0 fully saturated rings. The van der Waals surface area contributed by atoms with E-state index in [0.717, 1.165) is 24.8 Å². The second kappa shape index (κ2) is 6.37. The van der Waals surface area contributed by atoms with Gasteiger partial charge in [0.25, 0.3) is 0 Å². The third-order valence-corrected chi connectivity index (χ3v) is 5.24. The predicted molar refractivity (Wildman–Crippen MR) is 97.3 cm³/mol. The Hall–Kier alpha value is -2.59. The minimum atomic E-state index is -0.875. The van der Waals surface area contributed by atoms with E-state index in [1.807, 2.05) is 18.2 Å². The lowest BCUT2D eigenvalue weighted by molar-refractivity contribution is 0.0695. The Morgan fingerprint density at radius 1 is 1.20 bits per heavy atom. The molecule has 0 saturated heterocycles. The van der Waals surface area contributed by atoms with Crippen molar-refractivity contribution in [2.75, 3.05) is 7.11 Å². The van der Waals surface area contributed by atoms with Gasteiger partial charge in [-0.15, -0.1) is 0 Å². The molecule has 25 heavy (non-hydrogen) atoms. The maximum Gasteiger partial charge on any atom is 0.336 e. The molecule has 1 atom stereocenters. The van der Waals surface area contributed by atoms with Crippen LogP contribution in [-0.4, -0.2) is 28.9 Å². The molecule has 4 rings (SSSR count). The molecular formula is C21H21NO3. The van der Waals surface area contributed by atoms with E-state index < -0.39 is 5.97 Å². The number of hydrogen-bond donors (Lipinski definition) is 1. The standard InChI is InChI=1S/C21H21NO3/c1-25-15-10-11-20-18(12-15)17-8-4-5-9-19(17)22(20)13-14-6-2-3-7-16(14)21(23)24/h2-9,15H,10-13H2,1H3,(H,23,24). The highest BCUT2D eigenvalue weighted by Crippen LogP contribution is 2.33. The highest BCUT2D eigenvalue weighted by Gasteiger charge is 2.25. The Morgan fingerprint density at radius 2 is 1.96 bits per heavy atom. The third-order valence-electron chi connectivity index (χ3n) is 5.24. The van der Waals surface area contributed by atoms with E-state index in [1.54, 1.807) is 19.2 Å². The van der Waals surface area contributed by atoms with Crippen molar-refractivity contribution < 1.29 is 14.6 Å². The number of hydrogen-bond acceptors (Lipinski definition) is 2. The predicted octanol–water partition coefficient (Wildman–Crippen LogP) is 3.89. The maximum atomic E-state index is 11.6. The first-order chi connectivity index (χ1) is 12.2. The highest BCUT2D eigenvalue weighted by molar-refractivity contribution is 5.90. The molecule has 4 heteroatoms. The largest absolute Gasteiger partial charge is 0.478 e. The van der Waals surface area contributed by atoms with E-state index in [1.165, 1.54) is 22.2 Å². The summed E-state index contributed by atoms with van der Waals surface area (Å²) >= 11 is 0. The van der Waals surface area contributed by atoms with E-state index in [9.17, 15) is 9.90 Å². The van der Waals surface area contributed by atoms with E-state index in [0.29, 0.717) is 12.1 Å². The Kier molecular flexibility index (Phi) is 4.06. The average Bonchev–Trinajstić information content (AvgIpc) is 2.95. The summed E-state index contributed by atoms with van der Waals surface area (Å²) in [5.74, 6) is -0.875. The smallest absolute Gasteiger partial charge is 0.336 e. The molecule has 0 spiro atoms. The van der Waals surface area contributed by atoms with Crippen LogP contribution in [0.15, 0.2) is 48.5 Å². The first kappa shape index (κ1) is 15.9. The molecular weight excluding hydrogens is 314 g/mol. The molecule has 0 saturated carbocycles. The number of fused-ring (bicyclic) bond motifs is 3. The molecule has 1 heterocycles. The van der Waals surface area contributed by atoms with E-state index in [4.69, 9.17) is 4.74 Å². The van der Waals surface area contributed by atoms with Crippen molar-refractivity contribution >= 4 is 16.9 Å². The molecule has 1 aliphatic rings. The van der Waals surface area contributed by atoms with Crippen LogP contribution in [0, 0.1) is 0 Å². The number of para-hydroxylation sites is 1. The monoisotopic (exact) mass is 335 g/mol. The minimum Gasteiger partial charge on any atom is -0.478 e. The van der Waals surface area contributed by atoms with Crippen molar-refractivity contribution in [3.63, 3.8) is 0 Å². The lowest BCUT2D eigenvalue weighted by Gasteiger charge is -2.23. The number of carboxylic acid groups (broad SMARTS) is 1. The molecule has 1 N–H and O–H groups in total. The highest BCUT2D eigenvalue weighted by atomic mass is 16.5. The van der Waals surface area contributed by atoms with Crippen molar-refractivity contribution in [1.29, 1.82) is 0 Å². The van der Waals surface area contributed by atoms with Gasteiger partial charge in [-0.2, -0.15) is 0 Å². The Labute approximate surface area is 146 Å². The first-order valence-corrected chi connectivity index (χ1v) is 8.62. The zero-order valence-electron chi connectivity index (χ0n) is 14.2. The lowest BCUT2D eigenvalue weighted by atomic mass is 9.93. The summed E-state index contributed by atoms with van der Waals surface area (Å²) in [7, 11) is 1.78. The van der Waals surface area contributed by atoms with Gasteiger partial charge in [-0.05, 0) is 36.1 Å². The molecule has 1 unspecified atom stereocenters. The summed E-state index contributed by atoms with van der Waals surface area (Å²) in [6, 6.07) is 15.7. The summed E-state index contributed by atoms with van der Waals surface area (Å²) in [4.78, 5) is 11.6. The van der Waals surface area contributed by atoms with Crippen LogP contribution in [0.25, 0.3) is 10.9 Å². The van der Waals surface area contributed by atoms with Crippen LogP contribution in [0.5, 0.6) is 0 Å². The van der Waals surface area contributed by atoms with Gasteiger partial charge >= 0.3 is 5.97 Å². The number of nitrogens with zero attached hydrogens (tertiary/aromatic N) is 1. The van der Waals surface area contributed by atoms with Crippen molar-refractivity contribution in [3.05, 3.63) is 70.9 Å². The molecule has 2 aromatic carbocycles. The fourth-order valence-corrected chi connectivity index (χ4v) is 3.99. The Bertz CT molecular complexity index is 941. The lowest BCUT2D eigenvalue weighted by Crippen LogP contribution is -2.22. The molecule has 0 amide bonds. The summed E-state index contributed by atoms with van der Waals surface area (Å²) in [6.45, 7) is 0.579. The summed E-state index contributed by atoms with van der Waals surface area (Å²) < 4.78 is 7.88. The number of carbonyl (C=O) groups is 1. The summed E-state index contributed by atoms with van der Waals surface area (Å²) in [5.41, 5.74) is 5.05. The van der Waals surface area contributed by atoms with Crippen LogP contribution in [0.3, 0.4) is 0 Å². The number of carboxylic acids is 1. The van der Waals surface area contributed by atoms with E-state index in [-0.39, 0.29) is 6.10 Å². The van der Waals surface area contributed by atoms with Crippen LogP contribution in [0.1, 0.15) is 33.6 Å². The second-order valence-corrected chi connectivity index (χ2v) is 6.59. The normalized spacial score (nSPS) is 16.8. The molecule has 0 aliphatic heterocycles. The quantitative estimate of drug-likeness (QED) is 0.787. The second-order valence-electron chi connectivity index (χ2n) is 6.59. The SMILES string of the molecule is COC1CCc2c(c3ccccc3n2Cc2ccccc2C(=O)O)C1. The number of aromatic nitrogens is 1. The minimum absolute atomic E-state index is 0.262. The Balaban J connectivity index is 1.85. The van der Waals surface area contributed by atoms with Crippen molar-refractivity contribution in [1.82, 2.24) is 4.57 Å². The zero-order chi connectivity index (χ0) is 17.4. The number of rotatable bonds is 4. The number of ether oxygens (including phenoxy) is 1. The summed E-state index contributed by atoms with van der Waals surface area (Å²) in [6.07, 6.45) is 3.14. The van der Waals surface area contributed by atoms with E-state index >= 15 is 0 Å². The zero-order valence-corrected chi connectivity index (χ0v) is 14.2. The van der Waals surface area contributed by atoms with Gasteiger partial charge < -0.3 is 14.4 Å². The van der Waals surface area contributed by atoms with Crippen molar-refractivity contribution in [2.24, 2.45) is 0 Å². The van der Waals surface area contributed by atoms with Crippen LogP contribution >= 0.6 is 0 Å². The molecule has 1 aromatic heterocycles. The van der Waals surface area contributed by atoms with Crippen molar-refractivity contribution in [3.8, 4) is 0 Å². The van der Waals surface area contributed by atoms with Gasteiger partial charge in [-0.25, -0.2) is 4.79 Å². The van der Waals surface area contributed by atoms with Gasteiger partial charge in [0.15, 0.2) is 0 Å². The average molecular weight is 335 g/mol. The third kappa shape index (κ3) is 2.72. The molecule has 1 aliphatic carbocycles. The molecule has 4 nitrogen and oxygen atoms in total. The van der Waals surface area contributed by atoms with Gasteiger partial charge in [0.2, 0.25) is 0 Å². The molecule has 128 valence electrons. The molecule has 3 aromatic rings. The van der Waals surface area contributed by atoms with Crippen LogP contribution in [-0.2, 0) is 24.1 Å². The number of methoxy groups -OCH3 is 1. The summed E-state index contributed by atoms with van der Waals surface area (Å²) in [5, 5.41) is 10.7. The van der Waals surface area contributed by atoms with Crippen LogP contribution in [0.2, 0.25) is 0 Å². The van der Waals surface area contributed by atoms with E-state index in [2.05, 4.69) is 22.8 Å². The first-order valence-electron chi connectivity index (χ1n) is 8.62. The fourth-order valence-electron chi connectivity index (χ4n) is 3.99. The number of benzene rings is 2.